The van der Waals surface area contributed by atoms with Crippen molar-refractivity contribution in [3.8, 4) is 0 Å². The van der Waals surface area contributed by atoms with Gasteiger partial charge in [-0.25, -0.2) is 0 Å². The van der Waals surface area contributed by atoms with Crippen molar-refractivity contribution in [3.05, 3.63) is 0 Å². The zero-order chi connectivity index (χ0) is 10.4. The van der Waals surface area contributed by atoms with Crippen LogP contribution in [0.4, 0.5) is 0 Å². The molecule has 0 spiro atoms. The molecule has 0 aromatic carbocycles. The number of hydrogen-bond donors (Lipinski definition) is 1. The highest BCUT2D eigenvalue weighted by Gasteiger charge is 2.23. The predicted molar refractivity (Wildman–Crippen MR) is 61.4 cm³/mol. The van der Waals surface area contributed by atoms with Crippen LogP contribution >= 0.6 is 11.8 Å². The lowest BCUT2D eigenvalue weighted by Gasteiger charge is -2.28. The lowest BCUT2D eigenvalue weighted by Crippen LogP contribution is -2.44. The summed E-state index contributed by atoms with van der Waals surface area (Å²) >= 11 is 1.59. The molecule has 1 aliphatic heterocycles. The van der Waals surface area contributed by atoms with Crippen LogP contribution in [-0.2, 0) is 4.79 Å². The second-order valence-corrected chi connectivity index (χ2v) is 4.63. The Morgan fingerprint density at radius 2 is 2.29 bits per heavy atom. The fourth-order valence-corrected chi connectivity index (χ4v) is 2.37. The molecule has 0 bridgehead atoms. The SMILES string of the molecule is CSCC(=O)N1CCCCCC1CN. The van der Waals surface area contributed by atoms with E-state index >= 15 is 0 Å². The van der Waals surface area contributed by atoms with Crippen molar-refractivity contribution < 1.29 is 4.79 Å². The molecule has 1 fully saturated rings. The number of rotatable bonds is 3. The Hall–Kier alpha value is -0.220. The van der Waals surface area contributed by atoms with Crippen molar-refractivity contribution in [2.75, 3.05) is 25.1 Å². The van der Waals surface area contributed by atoms with E-state index in [2.05, 4.69) is 0 Å². The van der Waals surface area contributed by atoms with Crippen LogP contribution < -0.4 is 5.73 Å². The molecule has 1 heterocycles. The first-order valence-electron chi connectivity index (χ1n) is 5.28. The number of thioether (sulfide) groups is 1. The number of likely N-dealkylation sites (tertiary alicyclic amines) is 1. The van der Waals surface area contributed by atoms with E-state index in [1.807, 2.05) is 11.2 Å². The monoisotopic (exact) mass is 216 g/mol. The number of carbonyl (C=O) groups excluding carboxylic acids is 1. The van der Waals surface area contributed by atoms with E-state index in [0.29, 0.717) is 12.3 Å². The molecule has 1 rings (SSSR count). The Morgan fingerprint density at radius 3 is 2.93 bits per heavy atom. The first-order valence-corrected chi connectivity index (χ1v) is 6.67. The molecule has 1 unspecified atom stereocenters. The van der Waals surface area contributed by atoms with Crippen molar-refractivity contribution in [1.82, 2.24) is 4.90 Å². The minimum absolute atomic E-state index is 0.259. The summed E-state index contributed by atoms with van der Waals surface area (Å²) in [6.45, 7) is 1.52. The van der Waals surface area contributed by atoms with E-state index < -0.39 is 0 Å². The van der Waals surface area contributed by atoms with Crippen LogP contribution in [0.5, 0.6) is 0 Å². The summed E-state index contributed by atoms with van der Waals surface area (Å²) in [5, 5.41) is 0. The predicted octanol–water partition coefficient (Wildman–Crippen LogP) is 1.08. The summed E-state index contributed by atoms with van der Waals surface area (Å²) < 4.78 is 0. The van der Waals surface area contributed by atoms with Crippen LogP contribution in [0.15, 0.2) is 0 Å². The van der Waals surface area contributed by atoms with Crippen LogP contribution in [0, 0.1) is 0 Å². The average Bonchev–Trinajstić information content (AvgIpc) is 2.42. The van der Waals surface area contributed by atoms with Crippen LogP contribution in [0.2, 0.25) is 0 Å². The lowest BCUT2D eigenvalue weighted by molar-refractivity contribution is -0.130. The van der Waals surface area contributed by atoms with E-state index in [0.717, 1.165) is 19.4 Å². The third kappa shape index (κ3) is 3.17. The molecule has 82 valence electrons. The van der Waals surface area contributed by atoms with Gasteiger partial charge in [0.25, 0.3) is 0 Å². The van der Waals surface area contributed by atoms with E-state index in [1.54, 1.807) is 11.8 Å². The van der Waals surface area contributed by atoms with Gasteiger partial charge in [-0.1, -0.05) is 12.8 Å². The first kappa shape index (κ1) is 11.9. The number of amides is 1. The maximum Gasteiger partial charge on any atom is 0.232 e. The van der Waals surface area contributed by atoms with Gasteiger partial charge in [0.1, 0.15) is 0 Å². The quantitative estimate of drug-likeness (QED) is 0.768. The number of nitrogens with two attached hydrogens (primary N) is 1. The Kier molecular flexibility index (Phi) is 5.33. The van der Waals surface area contributed by atoms with Crippen LogP contribution in [0.25, 0.3) is 0 Å². The Morgan fingerprint density at radius 1 is 1.50 bits per heavy atom. The number of carbonyl (C=O) groups is 1. The van der Waals surface area contributed by atoms with E-state index in [-0.39, 0.29) is 11.9 Å². The minimum atomic E-state index is 0.259. The molecule has 0 saturated carbocycles. The molecule has 2 N–H and O–H groups in total. The maximum atomic E-state index is 11.8. The van der Waals surface area contributed by atoms with Gasteiger partial charge in [0.05, 0.1) is 5.75 Å². The zero-order valence-electron chi connectivity index (χ0n) is 8.87. The fourth-order valence-electron chi connectivity index (χ4n) is 1.96. The highest BCUT2D eigenvalue weighted by Crippen LogP contribution is 2.16. The van der Waals surface area contributed by atoms with Crippen LogP contribution in [0.1, 0.15) is 25.7 Å². The van der Waals surface area contributed by atoms with Gasteiger partial charge in [0.15, 0.2) is 0 Å². The Labute approximate surface area is 90.4 Å². The van der Waals surface area contributed by atoms with E-state index in [4.69, 9.17) is 5.73 Å². The van der Waals surface area contributed by atoms with Crippen molar-refractivity contribution in [2.24, 2.45) is 5.73 Å². The van der Waals surface area contributed by atoms with Gasteiger partial charge in [0.2, 0.25) is 5.91 Å². The van der Waals surface area contributed by atoms with Crippen molar-refractivity contribution in [3.63, 3.8) is 0 Å². The molecule has 4 heteroatoms. The molecule has 1 amide bonds. The van der Waals surface area contributed by atoms with Gasteiger partial charge in [-0.2, -0.15) is 11.8 Å². The van der Waals surface area contributed by atoms with Gasteiger partial charge >= 0.3 is 0 Å². The summed E-state index contributed by atoms with van der Waals surface area (Å²) in [4.78, 5) is 13.8. The second kappa shape index (κ2) is 6.30. The molecule has 0 aromatic heterocycles. The van der Waals surface area contributed by atoms with Gasteiger partial charge in [-0.3, -0.25) is 4.79 Å². The average molecular weight is 216 g/mol. The van der Waals surface area contributed by atoms with Gasteiger partial charge in [-0.15, -0.1) is 0 Å². The van der Waals surface area contributed by atoms with Gasteiger partial charge in [-0.05, 0) is 19.1 Å². The molecular formula is C10H20N2OS. The molecular weight excluding hydrogens is 196 g/mol. The lowest BCUT2D eigenvalue weighted by atomic mass is 10.1. The third-order valence-electron chi connectivity index (χ3n) is 2.74. The summed E-state index contributed by atoms with van der Waals surface area (Å²) in [6.07, 6.45) is 6.63. The van der Waals surface area contributed by atoms with E-state index in [1.165, 1.54) is 12.8 Å². The van der Waals surface area contributed by atoms with Gasteiger partial charge in [0, 0.05) is 19.1 Å². The second-order valence-electron chi connectivity index (χ2n) is 3.76. The van der Waals surface area contributed by atoms with Crippen molar-refractivity contribution >= 4 is 17.7 Å². The number of hydrogen-bond acceptors (Lipinski definition) is 3. The number of nitrogens with zero attached hydrogens (tertiary/aromatic N) is 1. The van der Waals surface area contributed by atoms with Crippen molar-refractivity contribution in [2.45, 2.75) is 31.7 Å². The normalized spacial score (nSPS) is 23.3. The minimum Gasteiger partial charge on any atom is -0.338 e. The van der Waals surface area contributed by atoms with E-state index in [9.17, 15) is 4.79 Å². The summed E-state index contributed by atoms with van der Waals surface area (Å²) in [5.74, 6) is 0.853. The summed E-state index contributed by atoms with van der Waals surface area (Å²) in [5.41, 5.74) is 5.70. The smallest absolute Gasteiger partial charge is 0.232 e. The summed E-state index contributed by atoms with van der Waals surface area (Å²) in [6, 6.07) is 0.289. The van der Waals surface area contributed by atoms with Crippen LogP contribution in [0.3, 0.4) is 0 Å². The molecule has 0 radical (unpaired) electrons. The summed E-state index contributed by atoms with van der Waals surface area (Å²) in [7, 11) is 0. The first-order chi connectivity index (χ1) is 6.79. The molecule has 1 atom stereocenters. The zero-order valence-corrected chi connectivity index (χ0v) is 9.68. The third-order valence-corrected chi connectivity index (χ3v) is 3.27. The molecule has 1 aliphatic rings. The highest BCUT2D eigenvalue weighted by atomic mass is 32.2. The molecule has 0 aliphatic carbocycles. The molecule has 1 saturated heterocycles. The van der Waals surface area contributed by atoms with Crippen LogP contribution in [-0.4, -0.2) is 41.9 Å². The molecule has 3 nitrogen and oxygen atoms in total. The topological polar surface area (TPSA) is 46.3 Å². The highest BCUT2D eigenvalue weighted by molar-refractivity contribution is 7.99. The fraction of sp³-hybridized carbons (Fsp3) is 0.900. The maximum absolute atomic E-state index is 11.8. The Bertz CT molecular complexity index is 187. The Balaban J connectivity index is 2.55. The standard InChI is InChI=1S/C10H20N2OS/c1-14-8-10(13)12-6-4-2-3-5-9(12)7-11/h9H,2-8,11H2,1H3. The van der Waals surface area contributed by atoms with Crippen molar-refractivity contribution in [1.29, 1.82) is 0 Å². The largest absolute Gasteiger partial charge is 0.338 e. The van der Waals surface area contributed by atoms with Gasteiger partial charge < -0.3 is 10.6 Å². The molecule has 14 heavy (non-hydrogen) atoms. The molecule has 0 aromatic rings.